The van der Waals surface area contributed by atoms with E-state index in [0.29, 0.717) is 15.7 Å². The van der Waals surface area contributed by atoms with Gasteiger partial charge in [0.05, 0.1) is 26.3 Å². The number of carbonyl (C=O) groups excluding carboxylic acids is 2. The molecule has 2 aromatic rings. The molecule has 0 aliphatic heterocycles. The minimum atomic E-state index is -1.34. The molecule has 24 heavy (non-hydrogen) atoms. The maximum atomic E-state index is 12.2. The predicted molar refractivity (Wildman–Crippen MR) is 91.5 cm³/mol. The lowest BCUT2D eigenvalue weighted by Crippen LogP contribution is -2.30. The number of amides is 1. The van der Waals surface area contributed by atoms with Crippen molar-refractivity contribution in [1.82, 2.24) is 4.98 Å². The summed E-state index contributed by atoms with van der Waals surface area (Å²) in [5.74, 6) is -0.955. The molecular weight excluding hydrogens is 352 g/mol. The van der Waals surface area contributed by atoms with Gasteiger partial charge >= 0.3 is 5.97 Å². The number of aromatic nitrogens is 1. The molecule has 0 saturated carbocycles. The summed E-state index contributed by atoms with van der Waals surface area (Å²) in [6.45, 7) is 1.44. The number of anilines is 1. The van der Waals surface area contributed by atoms with Gasteiger partial charge in [0.25, 0.3) is 5.91 Å². The molecule has 2 rings (SSSR count). The van der Waals surface area contributed by atoms with Gasteiger partial charge in [-0.1, -0.05) is 23.7 Å². The molecule has 6 nitrogen and oxygen atoms in total. The van der Waals surface area contributed by atoms with Gasteiger partial charge in [0.2, 0.25) is 0 Å². The van der Waals surface area contributed by atoms with Gasteiger partial charge in [-0.25, -0.2) is 9.78 Å². The standard InChI is InChI=1S/C16H15ClN2O4S/c1-10(15(20)19-14-8-7-11(17)9-18-14)23-16(21)12-5-3-4-6-13(12)24(2)22/h3-10H,1-2H3,(H,18,19,20)/t10-,24+/m1/s1. The summed E-state index contributed by atoms with van der Waals surface area (Å²) in [6.07, 6.45) is 1.81. The van der Waals surface area contributed by atoms with E-state index in [1.165, 1.54) is 31.5 Å². The molecule has 0 aliphatic rings. The van der Waals surface area contributed by atoms with Crippen LogP contribution in [-0.4, -0.2) is 33.4 Å². The van der Waals surface area contributed by atoms with Crippen LogP contribution in [-0.2, 0) is 20.3 Å². The van der Waals surface area contributed by atoms with Crippen LogP contribution in [0.15, 0.2) is 47.5 Å². The summed E-state index contributed by atoms with van der Waals surface area (Å²) >= 11 is 5.72. The van der Waals surface area contributed by atoms with E-state index < -0.39 is 28.8 Å². The van der Waals surface area contributed by atoms with Gasteiger partial charge in [-0.2, -0.15) is 0 Å². The minimum absolute atomic E-state index is 0.169. The summed E-state index contributed by atoms with van der Waals surface area (Å²) in [4.78, 5) is 28.6. The molecular formula is C16H15ClN2O4S. The molecule has 0 spiro atoms. The summed E-state index contributed by atoms with van der Waals surface area (Å²) in [5, 5.41) is 2.96. The number of rotatable bonds is 5. The minimum Gasteiger partial charge on any atom is -0.449 e. The Kier molecular flexibility index (Phi) is 6.05. The topological polar surface area (TPSA) is 85.4 Å². The second kappa shape index (κ2) is 8.03. The van der Waals surface area contributed by atoms with Crippen LogP contribution in [0, 0.1) is 0 Å². The lowest BCUT2D eigenvalue weighted by Gasteiger charge is -2.14. The molecule has 1 amide bonds. The normalized spacial score (nSPS) is 13.0. The van der Waals surface area contributed by atoms with Gasteiger partial charge in [-0.05, 0) is 31.2 Å². The number of carbonyl (C=O) groups is 2. The summed E-state index contributed by atoms with van der Waals surface area (Å²) in [5.41, 5.74) is 0.169. The van der Waals surface area contributed by atoms with Crippen LogP contribution in [0.25, 0.3) is 0 Å². The van der Waals surface area contributed by atoms with Crippen molar-refractivity contribution in [3.05, 3.63) is 53.2 Å². The molecule has 0 saturated heterocycles. The van der Waals surface area contributed by atoms with E-state index in [9.17, 15) is 13.8 Å². The first kappa shape index (κ1) is 18.1. The first-order valence-corrected chi connectivity index (χ1v) is 8.88. The van der Waals surface area contributed by atoms with Crippen LogP contribution in [0.3, 0.4) is 0 Å². The van der Waals surface area contributed by atoms with Gasteiger partial charge in [0.1, 0.15) is 5.82 Å². The summed E-state index contributed by atoms with van der Waals surface area (Å²) in [7, 11) is -1.34. The number of halogens is 1. The largest absolute Gasteiger partial charge is 0.449 e. The van der Waals surface area contributed by atoms with Crippen LogP contribution in [0.4, 0.5) is 5.82 Å². The van der Waals surface area contributed by atoms with E-state index in [0.717, 1.165) is 0 Å². The van der Waals surface area contributed by atoms with Crippen molar-refractivity contribution in [3.63, 3.8) is 0 Å². The lowest BCUT2D eigenvalue weighted by atomic mass is 10.2. The molecule has 0 bridgehead atoms. The molecule has 8 heteroatoms. The Morgan fingerprint density at radius 2 is 1.96 bits per heavy atom. The quantitative estimate of drug-likeness (QED) is 0.822. The third kappa shape index (κ3) is 4.62. The molecule has 1 N–H and O–H groups in total. The van der Waals surface area contributed by atoms with Crippen molar-refractivity contribution >= 4 is 40.1 Å². The molecule has 1 aromatic carbocycles. The highest BCUT2D eigenvalue weighted by Crippen LogP contribution is 2.15. The number of nitrogens with zero attached hydrogens (tertiary/aromatic N) is 1. The maximum Gasteiger partial charge on any atom is 0.340 e. The maximum absolute atomic E-state index is 12.2. The molecule has 2 atom stereocenters. The van der Waals surface area contributed by atoms with E-state index >= 15 is 0 Å². The fraction of sp³-hybridized carbons (Fsp3) is 0.188. The number of ether oxygens (including phenoxy) is 1. The van der Waals surface area contributed by atoms with E-state index in [4.69, 9.17) is 16.3 Å². The van der Waals surface area contributed by atoms with E-state index in [1.54, 1.807) is 24.3 Å². The van der Waals surface area contributed by atoms with Crippen LogP contribution in [0.2, 0.25) is 5.02 Å². The van der Waals surface area contributed by atoms with Crippen LogP contribution < -0.4 is 5.32 Å². The van der Waals surface area contributed by atoms with Gasteiger partial charge in [0, 0.05) is 12.5 Å². The number of nitrogens with one attached hydrogen (secondary N) is 1. The third-order valence-electron chi connectivity index (χ3n) is 3.05. The monoisotopic (exact) mass is 366 g/mol. The number of esters is 1. The van der Waals surface area contributed by atoms with Crippen molar-refractivity contribution in [2.45, 2.75) is 17.9 Å². The molecule has 0 aliphatic carbocycles. The van der Waals surface area contributed by atoms with Crippen molar-refractivity contribution in [2.24, 2.45) is 0 Å². The molecule has 0 fully saturated rings. The van der Waals surface area contributed by atoms with Gasteiger partial charge < -0.3 is 10.1 Å². The Bertz CT molecular complexity index is 780. The zero-order valence-electron chi connectivity index (χ0n) is 13.0. The molecule has 0 unspecified atom stereocenters. The number of pyridine rings is 1. The highest BCUT2D eigenvalue weighted by Gasteiger charge is 2.21. The van der Waals surface area contributed by atoms with E-state index in [-0.39, 0.29) is 5.56 Å². The second-order valence-electron chi connectivity index (χ2n) is 4.85. The Morgan fingerprint density at radius 1 is 1.25 bits per heavy atom. The van der Waals surface area contributed by atoms with Gasteiger partial charge in [-0.15, -0.1) is 0 Å². The highest BCUT2D eigenvalue weighted by molar-refractivity contribution is 7.84. The zero-order valence-corrected chi connectivity index (χ0v) is 14.6. The summed E-state index contributed by atoms with van der Waals surface area (Å²) < 4.78 is 16.8. The smallest absolute Gasteiger partial charge is 0.340 e. The fourth-order valence-electron chi connectivity index (χ4n) is 1.84. The Morgan fingerprint density at radius 3 is 2.58 bits per heavy atom. The van der Waals surface area contributed by atoms with Crippen molar-refractivity contribution in [3.8, 4) is 0 Å². The molecule has 126 valence electrons. The van der Waals surface area contributed by atoms with Gasteiger partial charge in [0.15, 0.2) is 6.10 Å². The second-order valence-corrected chi connectivity index (χ2v) is 6.63. The van der Waals surface area contributed by atoms with Crippen LogP contribution in [0.1, 0.15) is 17.3 Å². The molecule has 1 aromatic heterocycles. The van der Waals surface area contributed by atoms with E-state index in [1.807, 2.05) is 0 Å². The first-order chi connectivity index (χ1) is 11.4. The average Bonchev–Trinajstić information content (AvgIpc) is 2.56. The zero-order chi connectivity index (χ0) is 17.7. The number of hydrogen-bond acceptors (Lipinski definition) is 5. The van der Waals surface area contributed by atoms with Crippen LogP contribution in [0.5, 0.6) is 0 Å². The lowest BCUT2D eigenvalue weighted by molar-refractivity contribution is -0.123. The average molecular weight is 367 g/mol. The fourth-order valence-corrected chi connectivity index (χ4v) is 2.68. The van der Waals surface area contributed by atoms with E-state index in [2.05, 4.69) is 10.3 Å². The predicted octanol–water partition coefficient (Wildman–Crippen LogP) is 2.66. The Balaban J connectivity index is 2.04. The Hall–Kier alpha value is -2.25. The third-order valence-corrected chi connectivity index (χ3v) is 4.25. The number of benzene rings is 1. The Labute approximate surface area is 146 Å². The summed E-state index contributed by atoms with van der Waals surface area (Å²) in [6, 6.07) is 9.50. The van der Waals surface area contributed by atoms with Crippen molar-refractivity contribution < 1.29 is 18.5 Å². The highest BCUT2D eigenvalue weighted by atomic mass is 35.5. The van der Waals surface area contributed by atoms with Gasteiger partial charge in [-0.3, -0.25) is 9.00 Å². The first-order valence-electron chi connectivity index (χ1n) is 6.94. The molecule has 1 heterocycles. The van der Waals surface area contributed by atoms with Crippen molar-refractivity contribution in [2.75, 3.05) is 11.6 Å². The molecule has 0 radical (unpaired) electrons. The SMILES string of the molecule is C[C@@H](OC(=O)c1ccccc1[S@](C)=O)C(=O)Nc1ccc(Cl)cn1. The van der Waals surface area contributed by atoms with Crippen molar-refractivity contribution in [1.29, 1.82) is 0 Å². The number of hydrogen-bond donors (Lipinski definition) is 1. The van der Waals surface area contributed by atoms with Crippen LogP contribution >= 0.6 is 11.6 Å².